The Hall–Kier alpha value is -1.98. The third kappa shape index (κ3) is 3.03. The number of ether oxygens (including phenoxy) is 1. The van der Waals surface area contributed by atoms with Gasteiger partial charge in [-0.1, -0.05) is 24.3 Å². The third-order valence-electron chi connectivity index (χ3n) is 2.31. The highest BCUT2D eigenvalue weighted by Gasteiger charge is 2.33. The van der Waals surface area contributed by atoms with E-state index in [1.807, 2.05) is 0 Å². The van der Waals surface area contributed by atoms with Crippen molar-refractivity contribution in [2.75, 3.05) is 6.61 Å². The zero-order chi connectivity index (χ0) is 13.7. The first-order valence-electron chi connectivity index (χ1n) is 5.25. The van der Waals surface area contributed by atoms with E-state index in [1.165, 1.54) is 25.1 Å². The molecule has 0 aromatic heterocycles. The summed E-state index contributed by atoms with van der Waals surface area (Å²) in [5.41, 5.74) is -0.712. The number of aliphatic carboxylic acids is 1. The summed E-state index contributed by atoms with van der Waals surface area (Å²) in [7, 11) is 0. The van der Waals surface area contributed by atoms with E-state index in [0.29, 0.717) is 0 Å². The summed E-state index contributed by atoms with van der Waals surface area (Å²) in [5.74, 6) is -4.28. The van der Waals surface area contributed by atoms with E-state index in [2.05, 4.69) is 4.74 Å². The number of carboxylic acid groups (broad SMARTS) is 1. The number of carbonyl (C=O) groups is 2. The fraction of sp³-hybridized carbons (Fsp3) is 0.333. The van der Waals surface area contributed by atoms with Gasteiger partial charge in [-0.25, -0.2) is 8.78 Å². The van der Waals surface area contributed by atoms with Crippen LogP contribution in [0.3, 0.4) is 0 Å². The summed E-state index contributed by atoms with van der Waals surface area (Å²) in [6, 6.07) is 5.04. The Morgan fingerprint density at radius 3 is 2.28 bits per heavy atom. The summed E-state index contributed by atoms with van der Waals surface area (Å²) in [5, 5.41) is 8.98. The quantitative estimate of drug-likeness (QED) is 0.650. The predicted molar refractivity (Wildman–Crippen MR) is 58.4 cm³/mol. The number of hydrogen-bond donors (Lipinski definition) is 1. The minimum atomic E-state index is -2.85. The molecule has 1 rings (SSSR count). The maximum absolute atomic E-state index is 12.8. The van der Waals surface area contributed by atoms with Crippen molar-refractivity contribution in [3.05, 3.63) is 35.4 Å². The molecule has 0 aliphatic carbocycles. The standard InChI is InChI=1S/C12H12F2O4/c1-2-18-12(17)9(11(15)16)7-5-3-4-6-8(7)10(13)14/h3-6,9-10H,2H2,1H3,(H,15,16). The molecule has 0 saturated heterocycles. The largest absolute Gasteiger partial charge is 0.480 e. The molecular formula is C12H12F2O4. The average Bonchev–Trinajstić information content (AvgIpc) is 2.29. The van der Waals surface area contributed by atoms with Crippen LogP contribution in [0.5, 0.6) is 0 Å². The van der Waals surface area contributed by atoms with Gasteiger partial charge in [0.05, 0.1) is 6.61 Å². The minimum Gasteiger partial charge on any atom is -0.480 e. The molecule has 4 nitrogen and oxygen atoms in total. The van der Waals surface area contributed by atoms with E-state index in [0.717, 1.165) is 6.07 Å². The zero-order valence-electron chi connectivity index (χ0n) is 9.60. The lowest BCUT2D eigenvalue weighted by Crippen LogP contribution is -2.25. The van der Waals surface area contributed by atoms with Gasteiger partial charge in [-0.15, -0.1) is 0 Å². The highest BCUT2D eigenvalue weighted by atomic mass is 19.3. The second-order valence-corrected chi connectivity index (χ2v) is 3.45. The number of rotatable bonds is 5. The molecule has 1 atom stereocenters. The molecule has 1 aromatic rings. The molecule has 98 valence electrons. The molecule has 0 spiro atoms. The highest BCUT2D eigenvalue weighted by molar-refractivity contribution is 6.00. The van der Waals surface area contributed by atoms with E-state index >= 15 is 0 Å². The first-order valence-corrected chi connectivity index (χ1v) is 5.25. The number of benzene rings is 1. The molecular weight excluding hydrogens is 246 g/mol. The van der Waals surface area contributed by atoms with Crippen molar-refractivity contribution in [3.8, 4) is 0 Å². The Balaban J connectivity index is 3.22. The summed E-state index contributed by atoms with van der Waals surface area (Å²) in [4.78, 5) is 22.6. The topological polar surface area (TPSA) is 63.6 Å². The number of hydrogen-bond acceptors (Lipinski definition) is 3. The SMILES string of the molecule is CCOC(=O)C(C(=O)O)c1ccccc1C(F)F. The maximum atomic E-state index is 12.8. The van der Waals surface area contributed by atoms with Gasteiger partial charge in [0.1, 0.15) is 0 Å². The van der Waals surface area contributed by atoms with Gasteiger partial charge in [0, 0.05) is 5.56 Å². The van der Waals surface area contributed by atoms with Crippen molar-refractivity contribution in [3.63, 3.8) is 0 Å². The van der Waals surface area contributed by atoms with E-state index in [-0.39, 0.29) is 12.2 Å². The summed E-state index contributed by atoms with van der Waals surface area (Å²) in [6.45, 7) is 1.50. The normalized spacial score (nSPS) is 12.2. The van der Waals surface area contributed by atoms with Crippen molar-refractivity contribution in [1.82, 2.24) is 0 Å². The molecule has 6 heteroatoms. The Labute approximate surface area is 102 Å². The lowest BCUT2D eigenvalue weighted by Gasteiger charge is -2.15. The summed E-state index contributed by atoms with van der Waals surface area (Å²) < 4.78 is 30.1. The lowest BCUT2D eigenvalue weighted by molar-refractivity contribution is -0.153. The second kappa shape index (κ2) is 6.09. The number of esters is 1. The van der Waals surface area contributed by atoms with Crippen molar-refractivity contribution in [1.29, 1.82) is 0 Å². The molecule has 0 radical (unpaired) electrons. The number of carbonyl (C=O) groups excluding carboxylic acids is 1. The molecule has 0 heterocycles. The van der Waals surface area contributed by atoms with Crippen LogP contribution in [0.1, 0.15) is 30.4 Å². The van der Waals surface area contributed by atoms with E-state index < -0.39 is 29.8 Å². The fourth-order valence-corrected chi connectivity index (χ4v) is 1.56. The van der Waals surface area contributed by atoms with Crippen molar-refractivity contribution in [2.45, 2.75) is 19.3 Å². The Bertz CT molecular complexity index is 445. The van der Waals surface area contributed by atoms with Crippen LogP contribution >= 0.6 is 0 Å². The van der Waals surface area contributed by atoms with Gasteiger partial charge < -0.3 is 9.84 Å². The predicted octanol–water partition coefficient (Wildman–Crippen LogP) is 2.36. The van der Waals surface area contributed by atoms with Gasteiger partial charge in [0.15, 0.2) is 5.92 Å². The summed E-state index contributed by atoms with van der Waals surface area (Å²) >= 11 is 0. The molecule has 1 aromatic carbocycles. The zero-order valence-corrected chi connectivity index (χ0v) is 9.60. The van der Waals surface area contributed by atoms with Crippen LogP contribution in [0.2, 0.25) is 0 Å². The van der Waals surface area contributed by atoms with Gasteiger partial charge in [-0.2, -0.15) is 0 Å². The van der Waals surface area contributed by atoms with Crippen LogP contribution in [-0.2, 0) is 14.3 Å². The number of carboxylic acids is 1. The molecule has 0 aliphatic rings. The van der Waals surface area contributed by atoms with E-state index in [4.69, 9.17) is 5.11 Å². The fourth-order valence-electron chi connectivity index (χ4n) is 1.56. The van der Waals surface area contributed by atoms with Gasteiger partial charge in [0.2, 0.25) is 0 Å². The first kappa shape index (κ1) is 14.1. The smallest absolute Gasteiger partial charge is 0.324 e. The van der Waals surface area contributed by atoms with Crippen LogP contribution in [-0.4, -0.2) is 23.7 Å². The number of alkyl halides is 2. The van der Waals surface area contributed by atoms with Crippen molar-refractivity contribution < 1.29 is 28.2 Å². The molecule has 0 bridgehead atoms. The van der Waals surface area contributed by atoms with Crippen molar-refractivity contribution >= 4 is 11.9 Å². The minimum absolute atomic E-state index is 0.0144. The van der Waals surface area contributed by atoms with Gasteiger partial charge in [0.25, 0.3) is 6.43 Å². The van der Waals surface area contributed by atoms with Crippen LogP contribution in [0.25, 0.3) is 0 Å². The van der Waals surface area contributed by atoms with Gasteiger partial charge in [-0.3, -0.25) is 9.59 Å². The Morgan fingerprint density at radius 1 is 1.28 bits per heavy atom. The molecule has 0 amide bonds. The van der Waals surface area contributed by atoms with E-state index in [1.54, 1.807) is 0 Å². The molecule has 18 heavy (non-hydrogen) atoms. The van der Waals surface area contributed by atoms with Crippen LogP contribution in [0.4, 0.5) is 8.78 Å². The van der Waals surface area contributed by atoms with Gasteiger partial charge >= 0.3 is 11.9 Å². The molecule has 1 unspecified atom stereocenters. The molecule has 0 aliphatic heterocycles. The monoisotopic (exact) mass is 258 g/mol. The van der Waals surface area contributed by atoms with Crippen LogP contribution in [0, 0.1) is 0 Å². The maximum Gasteiger partial charge on any atom is 0.324 e. The number of halogens is 2. The molecule has 0 saturated carbocycles. The molecule has 0 fully saturated rings. The van der Waals surface area contributed by atoms with Crippen molar-refractivity contribution in [2.24, 2.45) is 0 Å². The van der Waals surface area contributed by atoms with Gasteiger partial charge in [-0.05, 0) is 12.5 Å². The van der Waals surface area contributed by atoms with Crippen LogP contribution in [0.15, 0.2) is 24.3 Å². The highest BCUT2D eigenvalue weighted by Crippen LogP contribution is 2.29. The Morgan fingerprint density at radius 2 is 1.83 bits per heavy atom. The summed E-state index contributed by atoms with van der Waals surface area (Å²) in [6.07, 6.45) is -2.85. The molecule has 1 N–H and O–H groups in total. The first-order chi connectivity index (χ1) is 8.49. The second-order valence-electron chi connectivity index (χ2n) is 3.45. The van der Waals surface area contributed by atoms with E-state index in [9.17, 15) is 18.4 Å². The van der Waals surface area contributed by atoms with Crippen LogP contribution < -0.4 is 0 Å². The Kier molecular flexibility index (Phi) is 4.76. The average molecular weight is 258 g/mol. The lowest BCUT2D eigenvalue weighted by atomic mass is 9.94. The third-order valence-corrected chi connectivity index (χ3v) is 2.31.